The number of benzene rings is 10. The highest BCUT2D eigenvalue weighted by molar-refractivity contribution is 7.99. The molecule has 10 aromatic carbocycles. The van der Waals surface area contributed by atoms with Gasteiger partial charge < -0.3 is 14.2 Å². The number of anilines is 3. The van der Waals surface area contributed by atoms with Crippen LogP contribution in [0.3, 0.4) is 0 Å². The zero-order chi connectivity index (χ0) is 41.5. The van der Waals surface area contributed by atoms with Crippen molar-refractivity contribution in [1.29, 1.82) is 0 Å². The molecular weight excluding hydrogens is 785 g/mol. The number of aromatic nitrogens is 1. The summed E-state index contributed by atoms with van der Waals surface area (Å²) in [6.07, 6.45) is 0. The lowest BCUT2D eigenvalue weighted by molar-refractivity contribution is 0.431. The SMILES string of the molecule is c1ccc(-n2c3ccccc3c3c(-c4ccc(N(c5ccc6c(c5)C5(c7ccccc7Oc7ccccc75)c5ccccc5S6)c5cccc6ccccc56)cc4)cccc32)cc1. The maximum Gasteiger partial charge on any atom is 0.132 e. The third-order valence-electron chi connectivity index (χ3n) is 13.1. The summed E-state index contributed by atoms with van der Waals surface area (Å²) in [5.41, 5.74) is 13.4. The topological polar surface area (TPSA) is 17.4 Å². The van der Waals surface area contributed by atoms with Crippen LogP contribution in [0, 0.1) is 0 Å². The van der Waals surface area contributed by atoms with Crippen LogP contribution in [0.15, 0.2) is 240 Å². The van der Waals surface area contributed by atoms with Crippen LogP contribution in [0.5, 0.6) is 11.5 Å². The van der Waals surface area contributed by atoms with Gasteiger partial charge in [0.05, 0.1) is 22.1 Å². The molecule has 0 unspecified atom stereocenters. The van der Waals surface area contributed by atoms with E-state index >= 15 is 0 Å². The number of rotatable bonds is 5. The summed E-state index contributed by atoms with van der Waals surface area (Å²) in [6, 6.07) is 83.9. The second-order valence-electron chi connectivity index (χ2n) is 16.4. The summed E-state index contributed by atoms with van der Waals surface area (Å²) in [6.45, 7) is 0. The van der Waals surface area contributed by atoms with Gasteiger partial charge in [0.25, 0.3) is 0 Å². The normalized spacial score (nSPS) is 13.3. The van der Waals surface area contributed by atoms with Crippen LogP contribution in [0.4, 0.5) is 17.1 Å². The van der Waals surface area contributed by atoms with Crippen molar-refractivity contribution in [2.24, 2.45) is 0 Å². The van der Waals surface area contributed by atoms with Crippen molar-refractivity contribution in [1.82, 2.24) is 4.57 Å². The van der Waals surface area contributed by atoms with Crippen molar-refractivity contribution in [3.05, 3.63) is 253 Å². The average molecular weight is 823 g/mol. The van der Waals surface area contributed by atoms with Crippen LogP contribution in [-0.2, 0) is 5.41 Å². The number of hydrogen-bond acceptors (Lipinski definition) is 3. The number of ether oxygens (including phenoxy) is 1. The highest BCUT2D eigenvalue weighted by Crippen LogP contribution is 2.62. The second-order valence-corrected chi connectivity index (χ2v) is 17.5. The Hall–Kier alpha value is -7.79. The van der Waals surface area contributed by atoms with Crippen molar-refractivity contribution < 1.29 is 4.74 Å². The van der Waals surface area contributed by atoms with Crippen molar-refractivity contribution in [2.75, 3.05) is 4.90 Å². The molecule has 0 saturated carbocycles. The maximum atomic E-state index is 6.70. The molecule has 0 N–H and O–H groups in total. The Morgan fingerprint density at radius 2 is 1.03 bits per heavy atom. The van der Waals surface area contributed by atoms with E-state index in [1.54, 1.807) is 0 Å². The Balaban J connectivity index is 1.03. The lowest BCUT2D eigenvalue weighted by atomic mass is 9.63. The van der Waals surface area contributed by atoms with Gasteiger partial charge in [-0.05, 0) is 107 Å². The molecule has 0 aliphatic carbocycles. The van der Waals surface area contributed by atoms with E-state index in [1.165, 1.54) is 64.6 Å². The van der Waals surface area contributed by atoms with E-state index < -0.39 is 5.41 Å². The minimum atomic E-state index is -0.607. The zero-order valence-electron chi connectivity index (χ0n) is 34.2. The summed E-state index contributed by atoms with van der Waals surface area (Å²) in [4.78, 5) is 4.94. The van der Waals surface area contributed by atoms with E-state index in [4.69, 9.17) is 4.74 Å². The molecule has 4 heteroatoms. The predicted octanol–water partition coefficient (Wildman–Crippen LogP) is 16.0. The Morgan fingerprint density at radius 3 is 1.84 bits per heavy atom. The molecule has 2 aliphatic heterocycles. The first-order chi connectivity index (χ1) is 31.3. The first-order valence-electron chi connectivity index (χ1n) is 21.5. The summed E-state index contributed by atoms with van der Waals surface area (Å²) in [5, 5.41) is 4.89. The molecular formula is C59H38N2OS. The standard InChI is InChI=1S/C59H38N2OS/c1-2-18-41(19-3-1)61-52-26-10-6-21-46(52)58-45(22-15-28-53(58)61)40-32-34-42(35-33-40)60(51-27-14-17-39-16-4-5-20-44(39)51)43-36-37-57-50(38-43)59(49-25-9-13-31-56(49)63-57)47-23-7-11-29-54(47)62-55-30-12-8-24-48(55)59/h1-38H. The van der Waals surface area contributed by atoms with Crippen LogP contribution >= 0.6 is 11.8 Å². The highest BCUT2D eigenvalue weighted by Gasteiger charge is 2.49. The van der Waals surface area contributed by atoms with Crippen LogP contribution < -0.4 is 9.64 Å². The highest BCUT2D eigenvalue weighted by atomic mass is 32.2. The fraction of sp³-hybridized carbons (Fsp3) is 0.0169. The molecule has 2 aliphatic rings. The molecule has 0 saturated heterocycles. The van der Waals surface area contributed by atoms with Gasteiger partial charge in [-0.15, -0.1) is 0 Å². The lowest BCUT2D eigenvalue weighted by Crippen LogP contribution is -2.36. The summed E-state index contributed by atoms with van der Waals surface area (Å²) in [5.74, 6) is 1.77. The molecule has 0 atom stereocenters. The molecule has 0 radical (unpaired) electrons. The van der Waals surface area contributed by atoms with Crippen molar-refractivity contribution in [2.45, 2.75) is 15.2 Å². The second kappa shape index (κ2) is 14.1. The number of fused-ring (bicyclic) bond motifs is 12. The van der Waals surface area contributed by atoms with Gasteiger partial charge in [-0.3, -0.25) is 0 Å². The van der Waals surface area contributed by atoms with Gasteiger partial charge in [-0.25, -0.2) is 0 Å². The smallest absolute Gasteiger partial charge is 0.132 e. The van der Waals surface area contributed by atoms with Crippen LogP contribution in [-0.4, -0.2) is 4.57 Å². The monoisotopic (exact) mass is 822 g/mol. The molecule has 13 rings (SSSR count). The molecule has 0 bridgehead atoms. The van der Waals surface area contributed by atoms with Crippen LogP contribution in [0.25, 0.3) is 49.4 Å². The van der Waals surface area contributed by atoms with Crippen molar-refractivity contribution in [3.63, 3.8) is 0 Å². The minimum absolute atomic E-state index is 0.607. The quantitative estimate of drug-likeness (QED) is 0.172. The van der Waals surface area contributed by atoms with Gasteiger partial charge >= 0.3 is 0 Å². The van der Waals surface area contributed by atoms with Gasteiger partial charge in [0.15, 0.2) is 0 Å². The van der Waals surface area contributed by atoms with Gasteiger partial charge in [0, 0.05) is 54.1 Å². The first kappa shape index (κ1) is 35.9. The molecule has 1 aromatic heterocycles. The number of nitrogens with zero attached hydrogens (tertiary/aromatic N) is 2. The molecule has 11 aromatic rings. The molecule has 0 amide bonds. The first-order valence-corrected chi connectivity index (χ1v) is 22.3. The molecule has 3 nitrogen and oxygen atoms in total. The van der Waals surface area contributed by atoms with Crippen LogP contribution in [0.1, 0.15) is 22.3 Å². The lowest BCUT2D eigenvalue weighted by Gasteiger charge is -2.45. The van der Waals surface area contributed by atoms with E-state index in [0.29, 0.717) is 0 Å². The van der Waals surface area contributed by atoms with E-state index in [2.05, 4.69) is 240 Å². The van der Waals surface area contributed by atoms with Crippen molar-refractivity contribution in [3.8, 4) is 28.3 Å². The Bertz CT molecular complexity index is 3480. The Morgan fingerprint density at radius 1 is 0.429 bits per heavy atom. The van der Waals surface area contributed by atoms with Gasteiger partial charge in [-0.1, -0.05) is 163 Å². The largest absolute Gasteiger partial charge is 0.457 e. The summed E-state index contributed by atoms with van der Waals surface area (Å²) >= 11 is 1.85. The molecule has 3 heterocycles. The van der Waals surface area contributed by atoms with Gasteiger partial charge in [-0.2, -0.15) is 0 Å². The minimum Gasteiger partial charge on any atom is -0.457 e. The molecule has 0 fully saturated rings. The van der Waals surface area contributed by atoms with E-state index in [1.807, 2.05) is 11.8 Å². The third-order valence-corrected chi connectivity index (χ3v) is 14.2. The predicted molar refractivity (Wildman–Crippen MR) is 261 cm³/mol. The third kappa shape index (κ3) is 5.35. The fourth-order valence-electron chi connectivity index (χ4n) is 10.5. The van der Waals surface area contributed by atoms with E-state index in [9.17, 15) is 0 Å². The molecule has 296 valence electrons. The zero-order valence-corrected chi connectivity index (χ0v) is 35.0. The summed E-state index contributed by atoms with van der Waals surface area (Å²) < 4.78 is 9.09. The van der Waals surface area contributed by atoms with Gasteiger partial charge in [0.1, 0.15) is 11.5 Å². The number of hydrogen-bond donors (Lipinski definition) is 0. The molecule has 63 heavy (non-hydrogen) atoms. The van der Waals surface area contributed by atoms with Crippen molar-refractivity contribution >= 4 is 61.4 Å². The van der Waals surface area contributed by atoms with Crippen LogP contribution in [0.2, 0.25) is 0 Å². The molecule has 1 spiro atoms. The average Bonchev–Trinajstić information content (AvgIpc) is 3.69. The number of para-hydroxylation sites is 4. The van der Waals surface area contributed by atoms with E-state index in [-0.39, 0.29) is 0 Å². The Kier molecular flexibility index (Phi) is 8.06. The maximum absolute atomic E-state index is 6.70. The van der Waals surface area contributed by atoms with Gasteiger partial charge in [0.2, 0.25) is 0 Å². The van der Waals surface area contributed by atoms with E-state index in [0.717, 1.165) is 45.4 Å². The Labute approximate surface area is 370 Å². The summed E-state index contributed by atoms with van der Waals surface area (Å²) in [7, 11) is 0. The fourth-order valence-corrected chi connectivity index (χ4v) is 11.7.